The molecule has 2 rings (SSSR count). The number of hydrogen-bond donors (Lipinski definition) is 1. The summed E-state index contributed by atoms with van der Waals surface area (Å²) in [6.45, 7) is 0. The number of fused-ring (bicyclic) bond motifs is 1. The minimum Gasteiger partial charge on any atom is -0.508 e. The van der Waals surface area contributed by atoms with Crippen LogP contribution in [-0.4, -0.2) is 23.3 Å². The van der Waals surface area contributed by atoms with Crippen molar-refractivity contribution in [2.75, 3.05) is 7.11 Å². The maximum atomic E-state index is 11.2. The van der Waals surface area contributed by atoms with E-state index < -0.39 is 5.97 Å². The van der Waals surface area contributed by atoms with E-state index in [0.717, 1.165) is 0 Å². The van der Waals surface area contributed by atoms with Crippen LogP contribution in [0.5, 0.6) is 5.75 Å². The number of hydrogen-bond acceptors (Lipinski definition) is 5. The Kier molecular flexibility index (Phi) is 1.85. The normalized spacial score (nSPS) is 10.4. The average molecular weight is 193 g/mol. The van der Waals surface area contributed by atoms with E-state index in [1.807, 2.05) is 0 Å². The first kappa shape index (κ1) is 8.55. The lowest BCUT2D eigenvalue weighted by Gasteiger charge is -1.93. The minimum absolute atomic E-state index is 0.0471. The number of esters is 1. The number of carbonyl (C=O) groups is 1. The first-order valence-corrected chi connectivity index (χ1v) is 3.89. The number of nitrogens with zero attached hydrogens (tertiary/aromatic N) is 1. The summed E-state index contributed by atoms with van der Waals surface area (Å²) in [7, 11) is 1.26. The van der Waals surface area contributed by atoms with Crippen LogP contribution in [-0.2, 0) is 4.74 Å². The van der Waals surface area contributed by atoms with E-state index in [4.69, 9.17) is 4.52 Å². The number of phenolic OH excluding ortho intramolecular Hbond substituents is 1. The molecule has 1 N–H and O–H groups in total. The molecule has 0 fully saturated rings. The summed E-state index contributed by atoms with van der Waals surface area (Å²) in [5, 5.41) is 13.2. The second-order valence-electron chi connectivity index (χ2n) is 2.70. The van der Waals surface area contributed by atoms with Crippen LogP contribution in [0, 0.1) is 0 Å². The maximum Gasteiger partial charge on any atom is 0.360 e. The van der Waals surface area contributed by atoms with Crippen LogP contribution in [0.15, 0.2) is 22.7 Å². The molecule has 0 saturated heterocycles. The smallest absolute Gasteiger partial charge is 0.360 e. The van der Waals surface area contributed by atoms with Crippen molar-refractivity contribution < 1.29 is 19.2 Å². The molecule has 1 heterocycles. The van der Waals surface area contributed by atoms with Crippen molar-refractivity contribution in [3.63, 3.8) is 0 Å². The van der Waals surface area contributed by atoms with Crippen molar-refractivity contribution in [1.29, 1.82) is 0 Å². The third kappa shape index (κ3) is 1.19. The number of benzene rings is 1. The summed E-state index contributed by atoms with van der Waals surface area (Å²) in [5.41, 5.74) is 0.501. The predicted molar refractivity (Wildman–Crippen MR) is 47.0 cm³/mol. The van der Waals surface area contributed by atoms with Gasteiger partial charge in [-0.2, -0.15) is 0 Å². The number of methoxy groups -OCH3 is 1. The summed E-state index contributed by atoms with van der Waals surface area (Å²) < 4.78 is 9.36. The summed E-state index contributed by atoms with van der Waals surface area (Å²) in [4.78, 5) is 11.2. The Morgan fingerprint density at radius 1 is 1.57 bits per heavy atom. The quantitative estimate of drug-likeness (QED) is 0.691. The number of aromatic nitrogens is 1. The fourth-order valence-corrected chi connectivity index (χ4v) is 1.17. The Morgan fingerprint density at radius 2 is 2.36 bits per heavy atom. The van der Waals surface area contributed by atoms with E-state index in [1.54, 1.807) is 0 Å². The molecule has 1 aromatic carbocycles. The Bertz CT molecular complexity index is 489. The second kappa shape index (κ2) is 3.02. The molecule has 5 heteroatoms. The highest BCUT2D eigenvalue weighted by atomic mass is 16.5. The standard InChI is InChI=1S/C9H7NO4/c1-13-9(12)8-6-4-5(11)2-3-7(6)14-10-8/h2-4,11H,1H3. The van der Waals surface area contributed by atoms with Crippen LogP contribution < -0.4 is 0 Å². The summed E-state index contributed by atoms with van der Waals surface area (Å²) in [5.74, 6) is -0.541. The van der Waals surface area contributed by atoms with Gasteiger partial charge in [0.2, 0.25) is 0 Å². The lowest BCUT2D eigenvalue weighted by atomic mass is 10.2. The van der Waals surface area contributed by atoms with Gasteiger partial charge >= 0.3 is 5.97 Å². The van der Waals surface area contributed by atoms with Gasteiger partial charge in [0, 0.05) is 0 Å². The van der Waals surface area contributed by atoms with Crippen molar-refractivity contribution in [3.05, 3.63) is 23.9 Å². The van der Waals surface area contributed by atoms with Gasteiger partial charge < -0.3 is 14.4 Å². The molecule has 5 nitrogen and oxygen atoms in total. The number of carbonyl (C=O) groups excluding carboxylic acids is 1. The molecule has 0 spiro atoms. The van der Waals surface area contributed by atoms with Crippen LogP contribution in [0.3, 0.4) is 0 Å². The van der Waals surface area contributed by atoms with Gasteiger partial charge in [0.05, 0.1) is 12.5 Å². The van der Waals surface area contributed by atoms with Crippen molar-refractivity contribution in [2.45, 2.75) is 0 Å². The summed E-state index contributed by atoms with van der Waals surface area (Å²) >= 11 is 0. The molecule has 0 saturated carbocycles. The molecule has 72 valence electrons. The molecule has 0 amide bonds. The van der Waals surface area contributed by atoms with Crippen molar-refractivity contribution >= 4 is 16.9 Å². The van der Waals surface area contributed by atoms with Gasteiger partial charge in [-0.05, 0) is 18.2 Å². The third-order valence-electron chi connectivity index (χ3n) is 1.83. The highest BCUT2D eigenvalue weighted by molar-refractivity contribution is 6.01. The fraction of sp³-hybridized carbons (Fsp3) is 0.111. The van der Waals surface area contributed by atoms with E-state index in [-0.39, 0.29) is 11.4 Å². The number of aromatic hydroxyl groups is 1. The van der Waals surface area contributed by atoms with E-state index in [2.05, 4.69) is 9.89 Å². The molecular weight excluding hydrogens is 186 g/mol. The van der Waals surface area contributed by atoms with Crippen LogP contribution in [0.4, 0.5) is 0 Å². The Hall–Kier alpha value is -2.04. The molecule has 0 bridgehead atoms. The third-order valence-corrected chi connectivity index (χ3v) is 1.83. The lowest BCUT2D eigenvalue weighted by Crippen LogP contribution is -2.01. The molecule has 0 atom stereocenters. The van der Waals surface area contributed by atoms with Gasteiger partial charge in [-0.3, -0.25) is 0 Å². The highest BCUT2D eigenvalue weighted by Crippen LogP contribution is 2.23. The van der Waals surface area contributed by atoms with Crippen LogP contribution in [0.25, 0.3) is 11.0 Å². The van der Waals surface area contributed by atoms with E-state index in [9.17, 15) is 9.90 Å². The van der Waals surface area contributed by atoms with E-state index in [0.29, 0.717) is 11.0 Å². The van der Waals surface area contributed by atoms with Crippen molar-refractivity contribution in [1.82, 2.24) is 5.16 Å². The number of phenols is 1. The zero-order chi connectivity index (χ0) is 10.1. The average Bonchev–Trinajstić information content (AvgIpc) is 2.59. The second-order valence-corrected chi connectivity index (χ2v) is 2.70. The Morgan fingerprint density at radius 3 is 3.07 bits per heavy atom. The van der Waals surface area contributed by atoms with E-state index >= 15 is 0 Å². The largest absolute Gasteiger partial charge is 0.508 e. The van der Waals surface area contributed by atoms with Crippen LogP contribution >= 0.6 is 0 Å². The molecule has 1 aromatic heterocycles. The highest BCUT2D eigenvalue weighted by Gasteiger charge is 2.16. The van der Waals surface area contributed by atoms with Gasteiger partial charge in [-0.15, -0.1) is 0 Å². The van der Waals surface area contributed by atoms with Gasteiger partial charge in [-0.25, -0.2) is 4.79 Å². The molecule has 0 aliphatic heterocycles. The zero-order valence-corrected chi connectivity index (χ0v) is 7.35. The molecule has 0 unspecified atom stereocenters. The SMILES string of the molecule is COC(=O)c1noc2ccc(O)cc12. The first-order chi connectivity index (χ1) is 6.72. The predicted octanol–water partition coefficient (Wildman–Crippen LogP) is 1.32. The first-order valence-electron chi connectivity index (χ1n) is 3.89. The Balaban J connectivity index is 2.67. The summed E-state index contributed by atoms with van der Waals surface area (Å²) in [6.07, 6.45) is 0. The minimum atomic E-state index is -0.589. The summed E-state index contributed by atoms with van der Waals surface area (Å²) in [6, 6.07) is 4.39. The van der Waals surface area contributed by atoms with Crippen molar-refractivity contribution in [2.24, 2.45) is 0 Å². The number of ether oxygens (including phenoxy) is 1. The lowest BCUT2D eigenvalue weighted by molar-refractivity contribution is 0.0591. The van der Waals surface area contributed by atoms with Gasteiger partial charge in [0.15, 0.2) is 11.3 Å². The zero-order valence-electron chi connectivity index (χ0n) is 7.35. The fourth-order valence-electron chi connectivity index (χ4n) is 1.17. The van der Waals surface area contributed by atoms with Gasteiger partial charge in [0.1, 0.15) is 5.75 Å². The maximum absolute atomic E-state index is 11.2. The molecule has 0 aliphatic rings. The van der Waals surface area contributed by atoms with Gasteiger partial charge in [0.25, 0.3) is 0 Å². The van der Waals surface area contributed by atoms with Gasteiger partial charge in [-0.1, -0.05) is 5.16 Å². The van der Waals surface area contributed by atoms with E-state index in [1.165, 1.54) is 25.3 Å². The molecule has 14 heavy (non-hydrogen) atoms. The van der Waals surface area contributed by atoms with Crippen LogP contribution in [0.1, 0.15) is 10.5 Å². The van der Waals surface area contributed by atoms with Crippen LogP contribution in [0.2, 0.25) is 0 Å². The molecule has 2 aromatic rings. The topological polar surface area (TPSA) is 72.6 Å². The Labute approximate surface area is 78.9 Å². The van der Waals surface area contributed by atoms with Crippen molar-refractivity contribution in [3.8, 4) is 5.75 Å². The monoisotopic (exact) mass is 193 g/mol. The number of rotatable bonds is 1. The molecule has 0 aliphatic carbocycles. The molecular formula is C9H7NO4. The molecule has 0 radical (unpaired) electrons.